The van der Waals surface area contributed by atoms with Gasteiger partial charge >= 0.3 is 0 Å². The van der Waals surface area contributed by atoms with Gasteiger partial charge in [-0.2, -0.15) is 4.31 Å². The van der Waals surface area contributed by atoms with Crippen LogP contribution in [0.25, 0.3) is 0 Å². The topological polar surface area (TPSA) is 79.4 Å². The van der Waals surface area contributed by atoms with Crippen molar-refractivity contribution >= 4 is 15.9 Å². The minimum atomic E-state index is -3.63. The Bertz CT molecular complexity index is 910. The predicted molar refractivity (Wildman–Crippen MR) is 108 cm³/mol. The Morgan fingerprint density at radius 3 is 2.57 bits per heavy atom. The first-order valence-corrected chi connectivity index (χ1v) is 11.1. The first-order valence-electron chi connectivity index (χ1n) is 9.69. The van der Waals surface area contributed by atoms with Crippen LogP contribution in [0.15, 0.2) is 53.6 Å². The molecule has 6 nitrogen and oxygen atoms in total. The number of sulfonamides is 1. The van der Waals surface area contributed by atoms with Crippen molar-refractivity contribution in [3.05, 3.63) is 59.9 Å². The molecule has 28 heavy (non-hydrogen) atoms. The molecule has 0 spiro atoms. The van der Waals surface area contributed by atoms with Gasteiger partial charge in [-0.3, -0.25) is 9.78 Å². The van der Waals surface area contributed by atoms with Crippen LogP contribution in [0.5, 0.6) is 0 Å². The molecular formula is C21H27N3O3S. The van der Waals surface area contributed by atoms with Crippen LogP contribution < -0.4 is 5.32 Å². The number of nitrogens with zero attached hydrogens (tertiary/aromatic N) is 2. The molecule has 1 aromatic heterocycles. The number of benzene rings is 1. The zero-order chi connectivity index (χ0) is 20.1. The van der Waals surface area contributed by atoms with Gasteiger partial charge in [0.15, 0.2) is 0 Å². The Hall–Kier alpha value is -2.25. The summed E-state index contributed by atoms with van der Waals surface area (Å²) in [6.07, 6.45) is 6.71. The Labute approximate surface area is 167 Å². The molecule has 0 saturated heterocycles. The smallest absolute Gasteiger partial charge is 0.251 e. The zero-order valence-corrected chi connectivity index (χ0v) is 17.2. The summed E-state index contributed by atoms with van der Waals surface area (Å²) in [7, 11) is -1.99. The molecule has 1 aromatic carbocycles. The van der Waals surface area contributed by atoms with E-state index in [1.807, 2.05) is 25.1 Å². The van der Waals surface area contributed by atoms with Crippen LogP contribution in [0.4, 0.5) is 0 Å². The van der Waals surface area contributed by atoms with Crippen molar-refractivity contribution in [3.8, 4) is 0 Å². The molecule has 1 N–H and O–H groups in total. The number of nitrogens with one attached hydrogen (secondary N) is 1. The van der Waals surface area contributed by atoms with Crippen molar-refractivity contribution in [1.82, 2.24) is 14.6 Å². The van der Waals surface area contributed by atoms with Crippen molar-refractivity contribution in [3.63, 3.8) is 0 Å². The first kappa shape index (κ1) is 20.5. The van der Waals surface area contributed by atoms with Gasteiger partial charge in [0.05, 0.1) is 16.6 Å². The normalized spacial score (nSPS) is 16.7. The summed E-state index contributed by atoms with van der Waals surface area (Å²) < 4.78 is 27.5. The third-order valence-corrected chi connectivity index (χ3v) is 7.25. The van der Waals surface area contributed by atoms with Crippen molar-refractivity contribution in [2.75, 3.05) is 7.05 Å². The molecule has 0 bridgehead atoms. The van der Waals surface area contributed by atoms with Gasteiger partial charge in [0.1, 0.15) is 0 Å². The maximum Gasteiger partial charge on any atom is 0.251 e. The SMILES string of the molecule is CC(NC(=O)c1cccc(S(=O)(=O)N(C)C2CCCCC2)c1)c1ccccn1. The number of hydrogen-bond donors (Lipinski definition) is 1. The highest BCUT2D eigenvalue weighted by molar-refractivity contribution is 7.89. The van der Waals surface area contributed by atoms with Crippen LogP contribution >= 0.6 is 0 Å². The van der Waals surface area contributed by atoms with Gasteiger partial charge in [0, 0.05) is 24.8 Å². The molecular weight excluding hydrogens is 374 g/mol. The lowest BCUT2D eigenvalue weighted by atomic mass is 9.96. The van der Waals surface area contributed by atoms with E-state index in [1.165, 1.54) is 10.4 Å². The highest BCUT2D eigenvalue weighted by Gasteiger charge is 2.29. The summed E-state index contributed by atoms with van der Waals surface area (Å²) in [5.41, 5.74) is 1.07. The number of carbonyl (C=O) groups excluding carboxylic acids is 1. The Morgan fingerprint density at radius 2 is 1.89 bits per heavy atom. The summed E-state index contributed by atoms with van der Waals surface area (Å²) in [5.74, 6) is -0.324. The maximum atomic E-state index is 13.0. The first-order chi connectivity index (χ1) is 13.4. The molecule has 150 valence electrons. The molecule has 3 rings (SSSR count). The van der Waals surface area contributed by atoms with Gasteiger partial charge in [-0.1, -0.05) is 31.4 Å². The van der Waals surface area contributed by atoms with Crippen LogP contribution in [0, 0.1) is 0 Å². The lowest BCUT2D eigenvalue weighted by Crippen LogP contribution is -2.38. The Kier molecular flexibility index (Phi) is 6.46. The number of carbonyl (C=O) groups is 1. The van der Waals surface area contributed by atoms with E-state index in [2.05, 4.69) is 10.3 Å². The predicted octanol–water partition coefficient (Wildman–Crippen LogP) is 3.53. The number of aromatic nitrogens is 1. The molecule has 1 amide bonds. The summed E-state index contributed by atoms with van der Waals surface area (Å²) in [6.45, 7) is 1.84. The minimum absolute atomic E-state index is 0.0282. The molecule has 1 saturated carbocycles. The highest BCUT2D eigenvalue weighted by atomic mass is 32.2. The molecule has 1 aliphatic rings. The summed E-state index contributed by atoms with van der Waals surface area (Å²) in [4.78, 5) is 17.0. The van der Waals surface area contributed by atoms with Crippen LogP contribution in [0.3, 0.4) is 0 Å². The molecule has 1 heterocycles. The molecule has 2 aromatic rings. The minimum Gasteiger partial charge on any atom is -0.344 e. The molecule has 1 aliphatic carbocycles. The number of amides is 1. The second-order valence-corrected chi connectivity index (χ2v) is 9.29. The fraction of sp³-hybridized carbons (Fsp3) is 0.429. The standard InChI is InChI=1S/C21H27N3O3S/c1-16(20-13-6-7-14-22-20)23-21(25)17-9-8-12-19(15-17)28(26,27)24(2)18-10-4-3-5-11-18/h6-9,12-16,18H,3-5,10-11H2,1-2H3,(H,23,25). The molecule has 1 unspecified atom stereocenters. The number of hydrogen-bond acceptors (Lipinski definition) is 4. The van der Waals surface area contributed by atoms with Crippen LogP contribution in [0.1, 0.15) is 61.1 Å². The van der Waals surface area contributed by atoms with Gasteiger partial charge in [-0.25, -0.2) is 8.42 Å². The lowest BCUT2D eigenvalue weighted by Gasteiger charge is -2.30. The van der Waals surface area contributed by atoms with Crippen molar-refractivity contribution in [2.24, 2.45) is 0 Å². The highest BCUT2D eigenvalue weighted by Crippen LogP contribution is 2.26. The molecule has 7 heteroatoms. The molecule has 1 fully saturated rings. The summed E-state index contributed by atoms with van der Waals surface area (Å²) in [5, 5.41) is 2.87. The maximum absolute atomic E-state index is 13.0. The van der Waals surface area contributed by atoms with Gasteiger partial charge in [-0.15, -0.1) is 0 Å². The summed E-state index contributed by atoms with van der Waals surface area (Å²) in [6, 6.07) is 11.5. The number of rotatable bonds is 6. The Morgan fingerprint density at radius 1 is 1.14 bits per heavy atom. The zero-order valence-electron chi connectivity index (χ0n) is 16.3. The molecule has 0 aliphatic heterocycles. The van der Waals surface area contributed by atoms with Gasteiger partial charge in [-0.05, 0) is 50.1 Å². The quantitative estimate of drug-likeness (QED) is 0.803. The lowest BCUT2D eigenvalue weighted by molar-refractivity contribution is 0.0939. The monoisotopic (exact) mass is 401 g/mol. The average molecular weight is 402 g/mol. The largest absolute Gasteiger partial charge is 0.344 e. The van der Waals surface area contributed by atoms with Crippen LogP contribution in [0.2, 0.25) is 0 Å². The van der Waals surface area contributed by atoms with E-state index in [1.54, 1.807) is 31.4 Å². The van der Waals surface area contributed by atoms with Crippen LogP contribution in [-0.4, -0.2) is 36.7 Å². The fourth-order valence-corrected chi connectivity index (χ4v) is 5.05. The van der Waals surface area contributed by atoms with E-state index in [-0.39, 0.29) is 22.9 Å². The van der Waals surface area contributed by atoms with Crippen molar-refractivity contribution < 1.29 is 13.2 Å². The van der Waals surface area contributed by atoms with Gasteiger partial charge in [0.25, 0.3) is 5.91 Å². The third kappa shape index (κ3) is 4.59. The summed E-state index contributed by atoms with van der Waals surface area (Å²) >= 11 is 0. The van der Waals surface area contributed by atoms with E-state index in [0.717, 1.165) is 37.8 Å². The van der Waals surface area contributed by atoms with Crippen molar-refractivity contribution in [1.29, 1.82) is 0 Å². The van der Waals surface area contributed by atoms with E-state index < -0.39 is 10.0 Å². The van der Waals surface area contributed by atoms with E-state index >= 15 is 0 Å². The van der Waals surface area contributed by atoms with Gasteiger partial charge < -0.3 is 5.32 Å². The average Bonchev–Trinajstić information content (AvgIpc) is 2.74. The Balaban J connectivity index is 1.76. The molecule has 0 radical (unpaired) electrons. The fourth-order valence-electron chi connectivity index (χ4n) is 3.59. The van der Waals surface area contributed by atoms with E-state index in [9.17, 15) is 13.2 Å². The van der Waals surface area contributed by atoms with Gasteiger partial charge in [0.2, 0.25) is 10.0 Å². The van der Waals surface area contributed by atoms with E-state index in [4.69, 9.17) is 0 Å². The second kappa shape index (κ2) is 8.84. The van der Waals surface area contributed by atoms with Crippen LogP contribution in [-0.2, 0) is 10.0 Å². The molecule has 1 atom stereocenters. The van der Waals surface area contributed by atoms with Crippen molar-refractivity contribution in [2.45, 2.75) is 56.0 Å². The third-order valence-electron chi connectivity index (χ3n) is 5.34. The second-order valence-electron chi connectivity index (χ2n) is 7.29. The van der Waals surface area contributed by atoms with E-state index in [0.29, 0.717) is 5.56 Å². The number of pyridine rings is 1.